The Hall–Kier alpha value is -3.58. The second-order valence-electron chi connectivity index (χ2n) is 6.20. The predicted octanol–water partition coefficient (Wildman–Crippen LogP) is 5.50. The maximum atomic E-state index is 14.4. The van der Waals surface area contributed by atoms with Gasteiger partial charge in [-0.1, -0.05) is 36.4 Å². The second-order valence-corrected chi connectivity index (χ2v) is 7.08. The zero-order valence-corrected chi connectivity index (χ0v) is 15.9. The first-order valence-electron chi connectivity index (χ1n) is 8.77. The van der Waals surface area contributed by atoms with Crippen molar-refractivity contribution < 1.29 is 14.3 Å². The normalized spacial score (nSPS) is 10.7. The average molecular weight is 405 g/mol. The molecule has 4 rings (SSSR count). The monoisotopic (exact) mass is 405 g/mol. The van der Waals surface area contributed by atoms with Crippen LogP contribution in [0.2, 0.25) is 0 Å². The van der Waals surface area contributed by atoms with Crippen molar-refractivity contribution in [3.05, 3.63) is 96.6 Å². The van der Waals surface area contributed by atoms with Gasteiger partial charge in [-0.3, -0.25) is 0 Å². The molecule has 0 saturated carbocycles. The van der Waals surface area contributed by atoms with Gasteiger partial charge in [0.1, 0.15) is 11.5 Å². The van der Waals surface area contributed by atoms with E-state index in [1.807, 2.05) is 30.3 Å². The summed E-state index contributed by atoms with van der Waals surface area (Å²) in [5, 5.41) is 13.5. The first-order valence-corrected chi connectivity index (χ1v) is 9.58. The van der Waals surface area contributed by atoms with Crippen molar-refractivity contribution in [1.82, 2.24) is 9.78 Å². The highest BCUT2D eigenvalue weighted by Gasteiger charge is 2.13. The highest BCUT2D eigenvalue weighted by atomic mass is 32.2. The van der Waals surface area contributed by atoms with Gasteiger partial charge in [0, 0.05) is 17.3 Å². The Morgan fingerprint density at radius 3 is 2.52 bits per heavy atom. The molecule has 1 aromatic heterocycles. The number of hydrogen-bond acceptors (Lipinski definition) is 4. The molecule has 0 amide bonds. The number of nitrogens with zero attached hydrogens (tertiary/aromatic N) is 2. The quantitative estimate of drug-likeness (QED) is 0.415. The molecule has 2 N–H and O–H groups in total. The summed E-state index contributed by atoms with van der Waals surface area (Å²) in [5.74, 6) is -1.45. The number of hydrogen-bond donors (Lipinski definition) is 2. The first kappa shape index (κ1) is 18.8. The Kier molecular flexibility index (Phi) is 5.31. The van der Waals surface area contributed by atoms with Crippen LogP contribution in [0.4, 0.5) is 10.1 Å². The number of carbonyl (C=O) groups is 1. The maximum absolute atomic E-state index is 14.4. The summed E-state index contributed by atoms with van der Waals surface area (Å²) >= 11 is 1.15. The topological polar surface area (TPSA) is 67.2 Å². The molecule has 4 aromatic rings. The first-order chi connectivity index (χ1) is 14.1. The lowest BCUT2D eigenvalue weighted by atomic mass is 10.0. The fourth-order valence-corrected chi connectivity index (χ4v) is 3.58. The largest absolute Gasteiger partial charge is 0.478 e. The molecule has 0 bridgehead atoms. The van der Waals surface area contributed by atoms with E-state index in [1.165, 1.54) is 10.7 Å². The van der Waals surface area contributed by atoms with E-state index in [4.69, 9.17) is 0 Å². The van der Waals surface area contributed by atoms with Gasteiger partial charge in [0.15, 0.2) is 0 Å². The predicted molar refractivity (Wildman–Crippen MR) is 112 cm³/mol. The highest BCUT2D eigenvalue weighted by molar-refractivity contribution is 8.00. The van der Waals surface area contributed by atoms with E-state index in [9.17, 15) is 14.3 Å². The van der Waals surface area contributed by atoms with E-state index in [0.29, 0.717) is 16.3 Å². The van der Waals surface area contributed by atoms with E-state index in [-0.39, 0.29) is 5.56 Å². The van der Waals surface area contributed by atoms with Crippen LogP contribution in [0, 0.1) is 5.82 Å². The van der Waals surface area contributed by atoms with Crippen molar-refractivity contribution in [2.24, 2.45) is 0 Å². The van der Waals surface area contributed by atoms with E-state index >= 15 is 0 Å². The third-order valence-corrected chi connectivity index (χ3v) is 5.12. The molecular formula is C22H16FN3O2S. The number of halogens is 1. The zero-order chi connectivity index (χ0) is 20.2. The lowest BCUT2D eigenvalue weighted by Crippen LogP contribution is -2.02. The third-order valence-electron chi connectivity index (χ3n) is 4.31. The van der Waals surface area contributed by atoms with Crippen LogP contribution in [-0.2, 0) is 0 Å². The number of benzene rings is 3. The van der Waals surface area contributed by atoms with Crippen molar-refractivity contribution in [2.75, 3.05) is 4.72 Å². The van der Waals surface area contributed by atoms with Gasteiger partial charge in [0.2, 0.25) is 0 Å². The smallest absolute Gasteiger partial charge is 0.337 e. The number of aromatic nitrogens is 2. The molecule has 0 saturated heterocycles. The van der Waals surface area contributed by atoms with Crippen molar-refractivity contribution in [3.63, 3.8) is 0 Å². The number of aromatic carboxylic acids is 1. The summed E-state index contributed by atoms with van der Waals surface area (Å²) in [6.45, 7) is 0. The number of anilines is 1. The molecule has 29 heavy (non-hydrogen) atoms. The van der Waals surface area contributed by atoms with E-state index in [1.54, 1.807) is 48.8 Å². The van der Waals surface area contributed by atoms with Gasteiger partial charge in [-0.05, 0) is 59.5 Å². The van der Waals surface area contributed by atoms with Crippen LogP contribution in [0.3, 0.4) is 0 Å². The summed E-state index contributed by atoms with van der Waals surface area (Å²) in [6, 6.07) is 21.3. The average Bonchev–Trinajstić information content (AvgIpc) is 3.27. The van der Waals surface area contributed by atoms with Gasteiger partial charge in [-0.15, -0.1) is 0 Å². The van der Waals surface area contributed by atoms with Crippen LogP contribution in [0.5, 0.6) is 0 Å². The van der Waals surface area contributed by atoms with Crippen LogP contribution in [0.15, 0.2) is 90.1 Å². The minimum Gasteiger partial charge on any atom is -0.478 e. The van der Waals surface area contributed by atoms with Gasteiger partial charge >= 0.3 is 5.97 Å². The summed E-state index contributed by atoms with van der Waals surface area (Å²) in [7, 11) is 0. The molecule has 0 unspecified atom stereocenters. The fraction of sp³-hybridized carbons (Fsp3) is 0. The van der Waals surface area contributed by atoms with Crippen molar-refractivity contribution in [1.29, 1.82) is 0 Å². The van der Waals surface area contributed by atoms with Gasteiger partial charge in [0.25, 0.3) is 0 Å². The molecule has 0 aliphatic carbocycles. The minimum atomic E-state index is -1.03. The molecule has 0 atom stereocenters. The molecule has 0 fully saturated rings. The third kappa shape index (κ3) is 4.14. The lowest BCUT2D eigenvalue weighted by Gasteiger charge is -2.12. The summed E-state index contributed by atoms with van der Waals surface area (Å²) in [6.07, 6.45) is 3.24. The van der Waals surface area contributed by atoms with E-state index < -0.39 is 11.8 Å². The lowest BCUT2D eigenvalue weighted by molar-refractivity contribution is 0.0698. The second kappa shape index (κ2) is 8.20. The van der Waals surface area contributed by atoms with Gasteiger partial charge < -0.3 is 9.83 Å². The summed E-state index contributed by atoms with van der Waals surface area (Å²) in [5.41, 5.74) is 2.80. The van der Waals surface area contributed by atoms with Crippen LogP contribution < -0.4 is 4.72 Å². The van der Waals surface area contributed by atoms with Crippen LogP contribution in [0.25, 0.3) is 16.8 Å². The maximum Gasteiger partial charge on any atom is 0.337 e. The van der Waals surface area contributed by atoms with Gasteiger partial charge in [-0.2, -0.15) is 5.10 Å². The van der Waals surface area contributed by atoms with Crippen LogP contribution in [-0.4, -0.2) is 20.9 Å². The van der Waals surface area contributed by atoms with E-state index in [2.05, 4.69) is 9.82 Å². The van der Waals surface area contributed by atoms with Crippen LogP contribution in [0.1, 0.15) is 10.4 Å². The molecule has 144 valence electrons. The molecule has 5 nitrogen and oxygen atoms in total. The molecule has 0 aliphatic rings. The number of rotatable bonds is 6. The molecule has 0 aliphatic heterocycles. The fourth-order valence-electron chi connectivity index (χ4n) is 2.89. The Balaban J connectivity index is 1.59. The molecule has 7 heteroatoms. The zero-order valence-electron chi connectivity index (χ0n) is 15.1. The van der Waals surface area contributed by atoms with Gasteiger partial charge in [-0.25, -0.2) is 13.9 Å². The highest BCUT2D eigenvalue weighted by Crippen LogP contribution is 2.30. The number of carboxylic acid groups (broad SMARTS) is 1. The summed E-state index contributed by atoms with van der Waals surface area (Å²) in [4.78, 5) is 12.2. The molecule has 3 aromatic carbocycles. The molecule has 0 radical (unpaired) electrons. The standard InChI is InChI=1S/C22H16FN3O2S/c23-19-14-17(8-10-21(19)26-12-4-11-24-26)29-25-20-13-16(7-9-18(20)22(27)28)15-5-2-1-3-6-15/h1-14,25H,(H,27,28). The molecular weight excluding hydrogens is 389 g/mol. The summed E-state index contributed by atoms with van der Waals surface area (Å²) < 4.78 is 18.9. The van der Waals surface area contributed by atoms with Gasteiger partial charge in [0.05, 0.1) is 11.3 Å². The number of carboxylic acids is 1. The minimum absolute atomic E-state index is 0.144. The Labute approximate surface area is 171 Å². The number of nitrogens with one attached hydrogen (secondary N) is 1. The van der Waals surface area contributed by atoms with Crippen molar-refractivity contribution in [2.45, 2.75) is 4.90 Å². The Morgan fingerprint density at radius 1 is 1.00 bits per heavy atom. The van der Waals surface area contributed by atoms with Crippen molar-refractivity contribution >= 4 is 23.6 Å². The van der Waals surface area contributed by atoms with Crippen molar-refractivity contribution in [3.8, 4) is 16.8 Å². The molecule has 0 spiro atoms. The Morgan fingerprint density at radius 2 is 1.83 bits per heavy atom. The van der Waals surface area contributed by atoms with E-state index in [0.717, 1.165) is 23.1 Å². The molecule has 1 heterocycles. The van der Waals surface area contributed by atoms with Crippen LogP contribution >= 0.6 is 11.9 Å². The SMILES string of the molecule is O=C(O)c1ccc(-c2ccccc2)cc1NSc1ccc(-n2cccn2)c(F)c1. The Bertz CT molecular complexity index is 1150.